The number of para-hydroxylation sites is 1. The summed E-state index contributed by atoms with van der Waals surface area (Å²) in [6.07, 6.45) is 0. The largest absolute Gasteiger partial charge is 0.309 e. The summed E-state index contributed by atoms with van der Waals surface area (Å²) < 4.78 is 2.41. The molecule has 0 N–H and O–H groups in total. The second-order valence-electron chi connectivity index (χ2n) is 14.2. The molecule has 0 spiro atoms. The first kappa shape index (κ1) is 29.7. The molecule has 0 bridgehead atoms. The van der Waals surface area contributed by atoms with Crippen molar-refractivity contribution in [1.29, 1.82) is 0 Å². The van der Waals surface area contributed by atoms with Gasteiger partial charge >= 0.3 is 0 Å². The molecule has 0 aliphatic heterocycles. The highest BCUT2D eigenvalue weighted by atomic mass is 15.0. The van der Waals surface area contributed by atoms with Crippen LogP contribution in [-0.2, 0) is 0 Å². The van der Waals surface area contributed by atoms with Gasteiger partial charge in [-0.3, -0.25) is 0 Å². The van der Waals surface area contributed by atoms with Gasteiger partial charge in [0.15, 0.2) is 0 Å². The lowest BCUT2D eigenvalue weighted by Gasteiger charge is -2.11. The van der Waals surface area contributed by atoms with E-state index in [9.17, 15) is 0 Å². The van der Waals surface area contributed by atoms with Gasteiger partial charge in [0.2, 0.25) is 0 Å². The van der Waals surface area contributed by atoms with Gasteiger partial charge in [-0.15, -0.1) is 0 Å². The minimum atomic E-state index is 1.18. The summed E-state index contributed by atoms with van der Waals surface area (Å²) in [5.74, 6) is 0. The molecule has 0 radical (unpaired) electrons. The molecule has 0 saturated heterocycles. The number of hydrogen-bond acceptors (Lipinski definition) is 0. The Morgan fingerprint density at radius 1 is 0.226 bits per heavy atom. The van der Waals surface area contributed by atoms with Gasteiger partial charge in [0.05, 0.1) is 11.0 Å². The average molecular weight is 672 g/mol. The molecule has 1 nitrogen and oxygen atoms in total. The van der Waals surface area contributed by atoms with E-state index >= 15 is 0 Å². The first-order chi connectivity index (χ1) is 26.2. The fourth-order valence-corrected chi connectivity index (χ4v) is 8.40. The standard InChI is InChI=1S/C52H33N/c1-2-9-38-29-40(19-17-34(38)7-1)43-23-22-41-30-39(20-21-42(41)31-43)35-13-15-36(16-14-35)44-25-28-52-50(33-44)49-11-5-6-12-51(49)53(52)46-26-27-48-45(32-46)24-18-37-8-3-4-10-47(37)48/h1-33H. The third kappa shape index (κ3) is 4.93. The van der Waals surface area contributed by atoms with Crippen molar-refractivity contribution in [2.45, 2.75) is 0 Å². The fourth-order valence-electron chi connectivity index (χ4n) is 8.40. The Bertz CT molecular complexity index is 3220. The average Bonchev–Trinajstić information content (AvgIpc) is 3.56. The Hall–Kier alpha value is -6.96. The van der Waals surface area contributed by atoms with Crippen molar-refractivity contribution in [3.05, 3.63) is 200 Å². The number of benzene rings is 10. The van der Waals surface area contributed by atoms with E-state index in [2.05, 4.69) is 205 Å². The van der Waals surface area contributed by atoms with E-state index in [0.717, 1.165) is 0 Å². The Kier molecular flexibility index (Phi) is 6.62. The van der Waals surface area contributed by atoms with Crippen LogP contribution in [0.25, 0.3) is 104 Å². The van der Waals surface area contributed by atoms with Crippen molar-refractivity contribution >= 4 is 64.9 Å². The smallest absolute Gasteiger partial charge is 0.0541 e. The minimum absolute atomic E-state index is 1.18. The van der Waals surface area contributed by atoms with Crippen molar-refractivity contribution in [1.82, 2.24) is 4.57 Å². The second kappa shape index (κ2) is 11.8. The fraction of sp³-hybridized carbons (Fsp3) is 0. The Morgan fingerprint density at radius 2 is 0.679 bits per heavy atom. The van der Waals surface area contributed by atoms with Crippen LogP contribution in [-0.4, -0.2) is 4.57 Å². The van der Waals surface area contributed by atoms with E-state index in [1.54, 1.807) is 0 Å². The van der Waals surface area contributed by atoms with E-state index in [0.29, 0.717) is 0 Å². The molecule has 1 aromatic heterocycles. The molecule has 0 fully saturated rings. The first-order valence-electron chi connectivity index (χ1n) is 18.3. The van der Waals surface area contributed by atoms with Crippen LogP contribution in [0.4, 0.5) is 0 Å². The SMILES string of the molecule is c1ccc2cc(-c3ccc4cc(-c5ccc(-c6ccc7c(c6)c6ccccc6n7-c6ccc7c(ccc8ccccc87)c6)cc5)ccc4c3)ccc2c1. The van der Waals surface area contributed by atoms with E-state index < -0.39 is 0 Å². The van der Waals surface area contributed by atoms with Crippen LogP contribution >= 0.6 is 0 Å². The number of aromatic nitrogens is 1. The summed E-state index contributed by atoms with van der Waals surface area (Å²) in [5.41, 5.74) is 11.0. The molecule has 0 atom stereocenters. The van der Waals surface area contributed by atoms with Crippen LogP contribution in [0.3, 0.4) is 0 Å². The normalized spacial score (nSPS) is 11.8. The van der Waals surface area contributed by atoms with Gasteiger partial charge in [-0.2, -0.15) is 0 Å². The lowest BCUT2D eigenvalue weighted by atomic mass is 9.95. The molecule has 1 heterocycles. The molecular weight excluding hydrogens is 639 g/mol. The molecule has 53 heavy (non-hydrogen) atoms. The zero-order valence-electron chi connectivity index (χ0n) is 29.0. The van der Waals surface area contributed by atoms with Crippen molar-refractivity contribution in [2.75, 3.05) is 0 Å². The maximum Gasteiger partial charge on any atom is 0.0541 e. The summed E-state index contributed by atoms with van der Waals surface area (Å²) in [7, 11) is 0. The van der Waals surface area contributed by atoms with Crippen LogP contribution in [0.1, 0.15) is 0 Å². The van der Waals surface area contributed by atoms with Crippen LogP contribution in [0, 0.1) is 0 Å². The number of rotatable bonds is 4. The topological polar surface area (TPSA) is 4.93 Å². The molecule has 11 aromatic rings. The third-order valence-electron chi connectivity index (χ3n) is 11.1. The predicted octanol–water partition coefficient (Wildman–Crippen LogP) is 14.4. The van der Waals surface area contributed by atoms with Crippen LogP contribution in [0.15, 0.2) is 200 Å². The van der Waals surface area contributed by atoms with Gasteiger partial charge in [0, 0.05) is 16.5 Å². The summed E-state index contributed by atoms with van der Waals surface area (Å²) in [5, 5.41) is 12.7. The second-order valence-corrected chi connectivity index (χ2v) is 14.2. The van der Waals surface area contributed by atoms with E-state index in [1.807, 2.05) is 0 Å². The molecule has 1 heteroatoms. The van der Waals surface area contributed by atoms with Crippen molar-refractivity contribution in [2.24, 2.45) is 0 Å². The lowest BCUT2D eigenvalue weighted by Crippen LogP contribution is -1.94. The summed E-state index contributed by atoms with van der Waals surface area (Å²) in [6, 6.07) is 73.6. The zero-order valence-corrected chi connectivity index (χ0v) is 29.0. The summed E-state index contributed by atoms with van der Waals surface area (Å²) in [6.45, 7) is 0. The van der Waals surface area contributed by atoms with Gasteiger partial charge in [-0.25, -0.2) is 0 Å². The van der Waals surface area contributed by atoms with Gasteiger partial charge < -0.3 is 4.57 Å². The highest BCUT2D eigenvalue weighted by Gasteiger charge is 2.14. The molecule has 10 aromatic carbocycles. The minimum Gasteiger partial charge on any atom is -0.309 e. The molecular formula is C52H33N. The highest BCUT2D eigenvalue weighted by molar-refractivity contribution is 6.12. The van der Waals surface area contributed by atoms with Gasteiger partial charge in [0.1, 0.15) is 0 Å². The van der Waals surface area contributed by atoms with Gasteiger partial charge in [-0.1, -0.05) is 152 Å². The first-order valence-corrected chi connectivity index (χ1v) is 18.3. The van der Waals surface area contributed by atoms with Crippen LogP contribution in [0.5, 0.6) is 0 Å². The zero-order chi connectivity index (χ0) is 34.9. The highest BCUT2D eigenvalue weighted by Crippen LogP contribution is 2.37. The molecule has 0 amide bonds. The van der Waals surface area contributed by atoms with E-state index in [4.69, 9.17) is 0 Å². The monoisotopic (exact) mass is 671 g/mol. The molecule has 0 saturated carbocycles. The molecule has 0 unspecified atom stereocenters. The number of nitrogens with zero attached hydrogens (tertiary/aromatic N) is 1. The number of hydrogen-bond donors (Lipinski definition) is 0. The van der Waals surface area contributed by atoms with Gasteiger partial charge in [0.25, 0.3) is 0 Å². The third-order valence-corrected chi connectivity index (χ3v) is 11.1. The molecule has 0 aliphatic carbocycles. The number of fused-ring (bicyclic) bond motifs is 8. The maximum atomic E-state index is 2.41. The Morgan fingerprint density at radius 3 is 1.42 bits per heavy atom. The summed E-state index contributed by atoms with van der Waals surface area (Å²) >= 11 is 0. The van der Waals surface area contributed by atoms with Gasteiger partial charge in [-0.05, 0) is 125 Å². The molecule has 246 valence electrons. The summed E-state index contributed by atoms with van der Waals surface area (Å²) in [4.78, 5) is 0. The molecule has 0 aliphatic rings. The van der Waals surface area contributed by atoms with Crippen molar-refractivity contribution < 1.29 is 0 Å². The van der Waals surface area contributed by atoms with Crippen molar-refractivity contribution in [3.8, 4) is 39.1 Å². The van der Waals surface area contributed by atoms with E-state index in [1.165, 1.54) is 104 Å². The van der Waals surface area contributed by atoms with Crippen LogP contribution < -0.4 is 0 Å². The quantitative estimate of drug-likeness (QED) is 0.164. The van der Waals surface area contributed by atoms with E-state index in [-0.39, 0.29) is 0 Å². The predicted molar refractivity (Wildman–Crippen MR) is 227 cm³/mol. The van der Waals surface area contributed by atoms with Crippen LogP contribution in [0.2, 0.25) is 0 Å². The maximum absolute atomic E-state index is 2.41. The van der Waals surface area contributed by atoms with Crippen molar-refractivity contribution in [3.63, 3.8) is 0 Å². The Labute approximate surface area is 307 Å². The molecule has 11 rings (SSSR count). The lowest BCUT2D eigenvalue weighted by molar-refractivity contribution is 1.19. The Balaban J connectivity index is 0.926.